The van der Waals surface area contributed by atoms with Gasteiger partial charge in [0.1, 0.15) is 0 Å². The predicted molar refractivity (Wildman–Crippen MR) is 110 cm³/mol. The van der Waals surface area contributed by atoms with Crippen molar-refractivity contribution >= 4 is 11.4 Å². The molecule has 1 heterocycles. The van der Waals surface area contributed by atoms with Crippen LogP contribution < -0.4 is 0 Å². The number of alkyl halides is 12. The van der Waals surface area contributed by atoms with E-state index in [9.17, 15) is 62.9 Å². The van der Waals surface area contributed by atoms with Gasteiger partial charge >= 0.3 is 24.7 Å². The van der Waals surface area contributed by atoms with Gasteiger partial charge in [-0.15, -0.1) is 0 Å². The molecule has 16 heteroatoms. The van der Waals surface area contributed by atoms with Gasteiger partial charge in [0.15, 0.2) is 0 Å². The van der Waals surface area contributed by atoms with E-state index in [0.717, 1.165) is 24.3 Å². The van der Waals surface area contributed by atoms with Crippen LogP contribution in [0.4, 0.5) is 52.7 Å². The molecule has 39 heavy (non-hydrogen) atoms. The lowest BCUT2D eigenvalue weighted by molar-refractivity contribution is -0.370. The van der Waals surface area contributed by atoms with E-state index in [2.05, 4.69) is 0 Å². The van der Waals surface area contributed by atoms with Crippen LogP contribution in [0.3, 0.4) is 0 Å². The van der Waals surface area contributed by atoms with Crippen LogP contribution in [0.25, 0.3) is 11.4 Å². The Morgan fingerprint density at radius 3 is 0.974 bits per heavy atom. The fourth-order valence-corrected chi connectivity index (χ4v) is 3.65. The highest BCUT2D eigenvalue weighted by molar-refractivity contribution is 5.91. The van der Waals surface area contributed by atoms with Crippen LogP contribution >= 0.6 is 0 Å². The quantitative estimate of drug-likeness (QED) is 0.422. The average molecular weight is 580 g/mol. The highest BCUT2D eigenvalue weighted by atomic mass is 19.4. The van der Waals surface area contributed by atoms with Gasteiger partial charge in [-0.1, -0.05) is 60.7 Å². The SMILES string of the molecule is OC(CN1[C]N(CC(O)(C(F)(F)F)C(F)(F)F)C(c2ccccc2)=C1c1ccccc1)(C(F)(F)F)C(F)(F)F. The number of rotatable bonds is 6. The zero-order chi connectivity index (χ0) is 29.7. The molecule has 4 nitrogen and oxygen atoms in total. The molecular weight excluding hydrogens is 564 g/mol. The van der Waals surface area contributed by atoms with E-state index in [1.54, 1.807) is 6.67 Å². The lowest BCUT2D eigenvalue weighted by Crippen LogP contribution is -2.63. The molecule has 0 spiro atoms. The number of aliphatic hydroxyl groups is 2. The molecule has 0 saturated carbocycles. The van der Waals surface area contributed by atoms with Gasteiger partial charge < -0.3 is 20.0 Å². The van der Waals surface area contributed by atoms with Crippen molar-refractivity contribution in [3.63, 3.8) is 0 Å². The smallest absolute Gasteiger partial charge is 0.372 e. The Balaban J connectivity index is 2.30. The van der Waals surface area contributed by atoms with Gasteiger partial charge in [-0.05, 0) is 0 Å². The first-order valence-corrected chi connectivity index (χ1v) is 10.5. The molecule has 0 saturated heterocycles. The Morgan fingerprint density at radius 2 is 0.744 bits per heavy atom. The van der Waals surface area contributed by atoms with Crippen LogP contribution in [0.5, 0.6) is 0 Å². The van der Waals surface area contributed by atoms with Crippen molar-refractivity contribution < 1.29 is 62.9 Å². The molecular formula is C23H16F12N2O2. The van der Waals surface area contributed by atoms with Gasteiger partial charge in [0.2, 0.25) is 6.67 Å². The predicted octanol–water partition coefficient (Wildman–Crippen LogP) is 5.84. The number of benzene rings is 2. The number of halogens is 12. The molecule has 0 aromatic heterocycles. The summed E-state index contributed by atoms with van der Waals surface area (Å²) in [5.41, 5.74) is -13.0. The van der Waals surface area contributed by atoms with Crippen molar-refractivity contribution in [2.24, 2.45) is 0 Å². The maximum Gasteiger partial charge on any atom is 0.428 e. The third-order valence-corrected chi connectivity index (χ3v) is 5.75. The molecule has 0 fully saturated rings. The molecule has 0 atom stereocenters. The van der Waals surface area contributed by atoms with Crippen molar-refractivity contribution in [1.82, 2.24) is 9.80 Å². The largest absolute Gasteiger partial charge is 0.428 e. The van der Waals surface area contributed by atoms with Gasteiger partial charge in [-0.2, -0.15) is 52.7 Å². The van der Waals surface area contributed by atoms with E-state index >= 15 is 0 Å². The fourth-order valence-electron chi connectivity index (χ4n) is 3.65. The second-order valence-corrected chi connectivity index (χ2v) is 8.41. The lowest BCUT2D eigenvalue weighted by Gasteiger charge is -2.37. The Bertz CT molecular complexity index is 1050. The number of β-amino-alcohol motifs (C(OH)–C–C–N with tert-alkyl or cyclic N) is 2. The summed E-state index contributed by atoms with van der Waals surface area (Å²) in [6, 6.07) is 12.1. The zero-order valence-corrected chi connectivity index (χ0v) is 19.0. The Morgan fingerprint density at radius 1 is 0.487 bits per heavy atom. The van der Waals surface area contributed by atoms with Gasteiger partial charge in [0, 0.05) is 11.1 Å². The number of hydrogen-bond acceptors (Lipinski definition) is 4. The second-order valence-electron chi connectivity index (χ2n) is 8.41. The normalized spacial score (nSPS) is 16.4. The monoisotopic (exact) mass is 580 g/mol. The van der Waals surface area contributed by atoms with E-state index in [-0.39, 0.29) is 20.9 Å². The molecule has 0 unspecified atom stereocenters. The van der Waals surface area contributed by atoms with Crippen molar-refractivity contribution in [3.8, 4) is 0 Å². The third-order valence-electron chi connectivity index (χ3n) is 5.75. The Kier molecular flexibility index (Phi) is 7.64. The van der Waals surface area contributed by atoms with Crippen LogP contribution in [0.15, 0.2) is 60.7 Å². The maximum atomic E-state index is 13.5. The molecule has 3 rings (SSSR count). The minimum absolute atomic E-state index is 0.0776. The highest BCUT2D eigenvalue weighted by Crippen LogP contribution is 2.50. The summed E-state index contributed by atoms with van der Waals surface area (Å²) in [5, 5.41) is 19.5. The summed E-state index contributed by atoms with van der Waals surface area (Å²) < 4.78 is 162. The summed E-state index contributed by atoms with van der Waals surface area (Å²) in [7, 11) is 0. The van der Waals surface area contributed by atoms with Crippen LogP contribution in [0.1, 0.15) is 11.1 Å². The lowest BCUT2D eigenvalue weighted by atomic mass is 9.99. The Labute approximate surface area is 212 Å². The molecule has 214 valence electrons. The number of hydrogen-bond donors (Lipinski definition) is 2. The molecule has 2 aromatic carbocycles. The topological polar surface area (TPSA) is 46.9 Å². The molecule has 2 N–H and O–H groups in total. The van der Waals surface area contributed by atoms with Crippen molar-refractivity contribution in [1.29, 1.82) is 0 Å². The molecule has 2 aromatic rings. The van der Waals surface area contributed by atoms with Gasteiger partial charge in [-0.25, -0.2) is 0 Å². The van der Waals surface area contributed by atoms with E-state index < -0.39 is 60.4 Å². The van der Waals surface area contributed by atoms with Crippen molar-refractivity contribution in [2.45, 2.75) is 35.9 Å². The molecule has 1 aliphatic heterocycles. The van der Waals surface area contributed by atoms with Crippen LogP contribution in [0, 0.1) is 6.67 Å². The average Bonchev–Trinajstić information content (AvgIpc) is 3.14. The summed E-state index contributed by atoms with van der Waals surface area (Å²) in [5.74, 6) is 0. The van der Waals surface area contributed by atoms with Gasteiger partial charge in [-0.3, -0.25) is 0 Å². The first-order chi connectivity index (χ1) is 17.6. The standard InChI is InChI=1S/C23H16F12N2O2/c24-20(25,26)18(38,21(27,28)29)11-36-13-37(12-19(39,22(30,31)32)23(33,34)35)17(15-9-5-2-6-10-15)16(36)14-7-3-1-4-8-14/h1-10,38-39H,11-12H2. The molecule has 2 radical (unpaired) electrons. The first-order valence-electron chi connectivity index (χ1n) is 10.5. The second kappa shape index (κ2) is 9.80. The first kappa shape index (κ1) is 30.4. The molecule has 0 amide bonds. The van der Waals surface area contributed by atoms with Crippen LogP contribution in [0.2, 0.25) is 0 Å². The maximum absolute atomic E-state index is 13.5. The number of nitrogens with zero attached hydrogens (tertiary/aromatic N) is 2. The minimum Gasteiger partial charge on any atom is -0.372 e. The van der Waals surface area contributed by atoms with Gasteiger partial charge in [0.25, 0.3) is 11.2 Å². The fraction of sp³-hybridized carbons (Fsp3) is 0.348. The van der Waals surface area contributed by atoms with Gasteiger partial charge in [0.05, 0.1) is 24.5 Å². The van der Waals surface area contributed by atoms with E-state index in [0.29, 0.717) is 0 Å². The zero-order valence-electron chi connectivity index (χ0n) is 19.0. The van der Waals surface area contributed by atoms with Crippen molar-refractivity contribution in [3.05, 3.63) is 78.5 Å². The molecule has 1 aliphatic rings. The van der Waals surface area contributed by atoms with E-state index in [1.165, 1.54) is 36.4 Å². The Hall–Kier alpha value is -3.14. The van der Waals surface area contributed by atoms with E-state index in [4.69, 9.17) is 0 Å². The summed E-state index contributed by atoms with van der Waals surface area (Å²) >= 11 is 0. The minimum atomic E-state index is -6.38. The van der Waals surface area contributed by atoms with E-state index in [1.807, 2.05) is 0 Å². The molecule has 0 bridgehead atoms. The highest BCUT2D eigenvalue weighted by Gasteiger charge is 2.73. The summed E-state index contributed by atoms with van der Waals surface area (Å²) in [4.78, 5) is -0.155. The molecule has 0 aliphatic carbocycles. The van der Waals surface area contributed by atoms with Crippen LogP contribution in [-0.2, 0) is 0 Å². The van der Waals surface area contributed by atoms with Crippen LogP contribution in [-0.4, -0.2) is 69.0 Å². The summed E-state index contributed by atoms with van der Waals surface area (Å²) in [6.45, 7) is -3.24. The third kappa shape index (κ3) is 5.48. The summed E-state index contributed by atoms with van der Waals surface area (Å²) in [6.07, 6.45) is -25.5. The van der Waals surface area contributed by atoms with Crippen molar-refractivity contribution in [2.75, 3.05) is 13.1 Å².